The predicted molar refractivity (Wildman–Crippen MR) is 81.5 cm³/mol. The van der Waals surface area contributed by atoms with Crippen molar-refractivity contribution in [2.24, 2.45) is 11.3 Å². The topological polar surface area (TPSA) is 32.3 Å². The van der Waals surface area contributed by atoms with Gasteiger partial charge in [-0.2, -0.15) is 0 Å². The summed E-state index contributed by atoms with van der Waals surface area (Å²) in [5, 5.41) is 3.63. The highest BCUT2D eigenvalue weighted by atomic mass is 16.2. The number of rotatable bonds is 2. The zero-order valence-corrected chi connectivity index (χ0v) is 13.2. The number of carbonyl (C=O) groups is 1. The van der Waals surface area contributed by atoms with Crippen LogP contribution < -0.4 is 5.32 Å². The summed E-state index contributed by atoms with van der Waals surface area (Å²) in [6.45, 7) is 6.71. The lowest BCUT2D eigenvalue weighted by molar-refractivity contribution is -0.142. The van der Waals surface area contributed by atoms with Gasteiger partial charge in [0.05, 0.1) is 0 Å². The zero-order chi connectivity index (χ0) is 14.2. The maximum Gasteiger partial charge on any atom is 0.226 e. The molecule has 2 saturated heterocycles. The second-order valence-corrected chi connectivity index (χ2v) is 7.73. The van der Waals surface area contributed by atoms with E-state index in [9.17, 15) is 4.79 Å². The van der Waals surface area contributed by atoms with E-state index in [4.69, 9.17) is 0 Å². The van der Waals surface area contributed by atoms with Crippen molar-refractivity contribution in [3.63, 3.8) is 0 Å². The summed E-state index contributed by atoms with van der Waals surface area (Å²) >= 11 is 0. The van der Waals surface area contributed by atoms with Gasteiger partial charge in [-0.1, -0.05) is 20.3 Å². The van der Waals surface area contributed by atoms with Crippen LogP contribution >= 0.6 is 0 Å². The first-order chi connectivity index (χ1) is 9.59. The fraction of sp³-hybridized carbons (Fsp3) is 0.941. The number of hydrogen-bond donors (Lipinski definition) is 1. The van der Waals surface area contributed by atoms with E-state index in [1.54, 1.807) is 0 Å². The molecule has 3 fully saturated rings. The van der Waals surface area contributed by atoms with Crippen molar-refractivity contribution in [1.82, 2.24) is 10.2 Å². The van der Waals surface area contributed by atoms with Crippen LogP contribution in [0.25, 0.3) is 0 Å². The summed E-state index contributed by atoms with van der Waals surface area (Å²) in [6.07, 6.45) is 9.76. The third-order valence-corrected chi connectivity index (χ3v) is 5.95. The van der Waals surface area contributed by atoms with Gasteiger partial charge in [0.15, 0.2) is 0 Å². The monoisotopic (exact) mass is 278 g/mol. The molecule has 0 aromatic carbocycles. The Morgan fingerprint density at radius 1 is 1.10 bits per heavy atom. The minimum atomic E-state index is 0.211. The summed E-state index contributed by atoms with van der Waals surface area (Å²) in [5.74, 6) is 0.732. The largest absolute Gasteiger partial charge is 0.338 e. The van der Waals surface area contributed by atoms with E-state index in [1.807, 2.05) is 0 Å². The van der Waals surface area contributed by atoms with Gasteiger partial charge in [-0.25, -0.2) is 0 Å². The Hall–Kier alpha value is -0.570. The normalized spacial score (nSPS) is 37.3. The average Bonchev–Trinajstić information content (AvgIpc) is 3.07. The minimum Gasteiger partial charge on any atom is -0.338 e. The van der Waals surface area contributed by atoms with Crippen LogP contribution in [0.5, 0.6) is 0 Å². The molecule has 3 heteroatoms. The summed E-state index contributed by atoms with van der Waals surface area (Å²) in [7, 11) is 0. The van der Waals surface area contributed by atoms with Crippen LogP contribution in [0, 0.1) is 11.3 Å². The van der Waals surface area contributed by atoms with E-state index in [1.165, 1.54) is 44.9 Å². The highest BCUT2D eigenvalue weighted by molar-refractivity contribution is 5.80. The number of likely N-dealkylation sites (tertiary alicyclic amines) is 1. The Labute approximate surface area is 123 Å². The van der Waals surface area contributed by atoms with Crippen molar-refractivity contribution >= 4 is 5.91 Å². The smallest absolute Gasteiger partial charge is 0.226 e. The molecule has 3 unspecified atom stereocenters. The molecule has 2 heterocycles. The Kier molecular flexibility index (Phi) is 4.07. The average molecular weight is 278 g/mol. The number of piperidine rings is 1. The van der Waals surface area contributed by atoms with Crippen LogP contribution in [0.15, 0.2) is 0 Å². The fourth-order valence-electron chi connectivity index (χ4n) is 4.67. The number of amides is 1. The maximum atomic E-state index is 13.1. The molecular formula is C17H30N2O. The molecule has 3 rings (SSSR count). The van der Waals surface area contributed by atoms with Crippen molar-refractivity contribution in [3.8, 4) is 0 Å². The molecular weight excluding hydrogens is 248 g/mol. The van der Waals surface area contributed by atoms with E-state index >= 15 is 0 Å². The third-order valence-electron chi connectivity index (χ3n) is 5.95. The molecule has 0 aromatic heterocycles. The highest BCUT2D eigenvalue weighted by Crippen LogP contribution is 2.44. The van der Waals surface area contributed by atoms with Crippen molar-refractivity contribution in [2.75, 3.05) is 13.1 Å². The molecule has 3 atom stereocenters. The molecule has 1 saturated carbocycles. The first kappa shape index (κ1) is 14.4. The van der Waals surface area contributed by atoms with Crippen molar-refractivity contribution < 1.29 is 4.79 Å². The van der Waals surface area contributed by atoms with Crippen LogP contribution in [0.4, 0.5) is 0 Å². The molecule has 1 amide bonds. The lowest BCUT2D eigenvalue weighted by Gasteiger charge is -2.42. The number of carbonyl (C=O) groups excluding carboxylic acids is 1. The molecule has 3 nitrogen and oxygen atoms in total. The molecule has 0 radical (unpaired) electrons. The van der Waals surface area contributed by atoms with Gasteiger partial charge >= 0.3 is 0 Å². The molecule has 1 N–H and O–H groups in total. The molecule has 2 aliphatic heterocycles. The van der Waals surface area contributed by atoms with Crippen LogP contribution in [-0.2, 0) is 4.79 Å². The maximum absolute atomic E-state index is 13.1. The lowest BCUT2D eigenvalue weighted by atomic mass is 9.80. The lowest BCUT2D eigenvalue weighted by Crippen LogP contribution is -2.55. The fourth-order valence-corrected chi connectivity index (χ4v) is 4.67. The minimum absolute atomic E-state index is 0.211. The first-order valence-corrected chi connectivity index (χ1v) is 8.63. The number of nitrogens with zero attached hydrogens (tertiary/aromatic N) is 1. The van der Waals surface area contributed by atoms with Crippen LogP contribution in [-0.4, -0.2) is 36.0 Å². The Bertz CT molecular complexity index is 360. The van der Waals surface area contributed by atoms with E-state index in [-0.39, 0.29) is 11.3 Å². The Balaban J connectivity index is 1.73. The Morgan fingerprint density at radius 3 is 2.60 bits per heavy atom. The first-order valence-electron chi connectivity index (χ1n) is 8.63. The molecule has 20 heavy (non-hydrogen) atoms. The Morgan fingerprint density at radius 2 is 1.95 bits per heavy atom. The highest BCUT2D eigenvalue weighted by Gasteiger charge is 2.44. The molecule has 0 bridgehead atoms. The standard InChI is InChI=1S/C17H30N2O/c1-17(2)10-5-7-13(17)16(20)19-12-4-3-9-15(19)14-8-6-11-18-14/h13-15,18H,3-12H2,1-2H3. The van der Waals surface area contributed by atoms with E-state index in [0.717, 1.165) is 19.5 Å². The quantitative estimate of drug-likeness (QED) is 0.842. The van der Waals surface area contributed by atoms with Gasteiger partial charge in [-0.05, 0) is 56.9 Å². The second-order valence-electron chi connectivity index (χ2n) is 7.73. The second kappa shape index (κ2) is 5.67. The van der Waals surface area contributed by atoms with Crippen molar-refractivity contribution in [2.45, 2.75) is 77.3 Å². The van der Waals surface area contributed by atoms with E-state index in [0.29, 0.717) is 18.0 Å². The van der Waals surface area contributed by atoms with Crippen LogP contribution in [0.2, 0.25) is 0 Å². The summed E-state index contributed by atoms with van der Waals surface area (Å²) in [5.41, 5.74) is 0.211. The summed E-state index contributed by atoms with van der Waals surface area (Å²) in [6, 6.07) is 1.03. The van der Waals surface area contributed by atoms with Crippen molar-refractivity contribution in [1.29, 1.82) is 0 Å². The van der Waals surface area contributed by atoms with Gasteiger partial charge in [0.1, 0.15) is 0 Å². The van der Waals surface area contributed by atoms with Gasteiger partial charge in [-0.3, -0.25) is 4.79 Å². The zero-order valence-electron chi connectivity index (χ0n) is 13.2. The van der Waals surface area contributed by atoms with Gasteiger partial charge < -0.3 is 10.2 Å². The predicted octanol–water partition coefficient (Wildman–Crippen LogP) is 2.95. The summed E-state index contributed by atoms with van der Waals surface area (Å²) in [4.78, 5) is 15.3. The van der Waals surface area contributed by atoms with Gasteiger partial charge in [0, 0.05) is 24.5 Å². The van der Waals surface area contributed by atoms with Crippen LogP contribution in [0.3, 0.4) is 0 Å². The summed E-state index contributed by atoms with van der Waals surface area (Å²) < 4.78 is 0. The molecule has 114 valence electrons. The van der Waals surface area contributed by atoms with Gasteiger partial charge in [0.2, 0.25) is 5.91 Å². The SMILES string of the molecule is CC1(C)CCCC1C(=O)N1CCCCC1C1CCCN1. The van der Waals surface area contributed by atoms with E-state index in [2.05, 4.69) is 24.1 Å². The van der Waals surface area contributed by atoms with E-state index < -0.39 is 0 Å². The molecule has 0 aromatic rings. The van der Waals surface area contributed by atoms with Crippen molar-refractivity contribution in [3.05, 3.63) is 0 Å². The van der Waals surface area contributed by atoms with Crippen LogP contribution in [0.1, 0.15) is 65.2 Å². The van der Waals surface area contributed by atoms with Gasteiger partial charge in [-0.15, -0.1) is 0 Å². The third kappa shape index (κ3) is 2.61. The molecule has 3 aliphatic rings. The number of hydrogen-bond acceptors (Lipinski definition) is 2. The number of nitrogens with one attached hydrogen (secondary N) is 1. The van der Waals surface area contributed by atoms with Gasteiger partial charge in [0.25, 0.3) is 0 Å². The molecule has 0 spiro atoms. The molecule has 1 aliphatic carbocycles.